The molecule has 0 unspecified atom stereocenters. The third-order valence-corrected chi connectivity index (χ3v) is 4.58. The van der Waals surface area contributed by atoms with Crippen molar-refractivity contribution in [3.05, 3.63) is 41.0 Å². The third kappa shape index (κ3) is 2.73. The van der Waals surface area contributed by atoms with Gasteiger partial charge in [-0.05, 0) is 33.2 Å². The van der Waals surface area contributed by atoms with E-state index in [1.807, 2.05) is 31.0 Å². The van der Waals surface area contributed by atoms with Crippen LogP contribution in [0.2, 0.25) is 0 Å². The van der Waals surface area contributed by atoms with Gasteiger partial charge < -0.3 is 4.74 Å². The van der Waals surface area contributed by atoms with Gasteiger partial charge in [-0.25, -0.2) is 0 Å². The fraction of sp³-hybridized carbons (Fsp3) is 0.529. The Balaban J connectivity index is 1.83. The zero-order valence-electron chi connectivity index (χ0n) is 13.8. The van der Waals surface area contributed by atoms with Crippen LogP contribution in [-0.2, 0) is 13.6 Å². The maximum absolute atomic E-state index is 5.52. The molecule has 0 bridgehead atoms. The van der Waals surface area contributed by atoms with Gasteiger partial charge in [0.05, 0.1) is 19.0 Å². The molecular formula is C17H24N4O. The van der Waals surface area contributed by atoms with Crippen LogP contribution in [0.3, 0.4) is 0 Å². The molecule has 1 aliphatic rings. The number of pyridine rings is 1. The topological polar surface area (TPSA) is 43.2 Å². The minimum absolute atomic E-state index is 0.446. The number of aryl methyl sites for hydroxylation is 2. The molecule has 1 atom stereocenters. The van der Waals surface area contributed by atoms with E-state index in [0.29, 0.717) is 6.04 Å². The van der Waals surface area contributed by atoms with Crippen molar-refractivity contribution in [2.75, 3.05) is 13.7 Å². The lowest BCUT2D eigenvalue weighted by molar-refractivity contribution is 0.244. The number of rotatable bonds is 4. The molecule has 22 heavy (non-hydrogen) atoms. The Bertz CT molecular complexity index is 665. The molecule has 0 aliphatic carbocycles. The van der Waals surface area contributed by atoms with Gasteiger partial charge in [0, 0.05) is 48.7 Å². The summed E-state index contributed by atoms with van der Waals surface area (Å²) in [5.74, 6) is 0.960. The average molecular weight is 300 g/mol. The highest BCUT2D eigenvalue weighted by Crippen LogP contribution is 2.34. The fourth-order valence-corrected chi connectivity index (χ4v) is 3.43. The molecule has 2 aromatic rings. The van der Waals surface area contributed by atoms with E-state index in [4.69, 9.17) is 4.74 Å². The van der Waals surface area contributed by atoms with E-state index in [9.17, 15) is 0 Å². The van der Waals surface area contributed by atoms with Gasteiger partial charge in [-0.1, -0.05) is 0 Å². The van der Waals surface area contributed by atoms with E-state index in [1.54, 1.807) is 7.11 Å². The maximum Gasteiger partial charge on any atom is 0.128 e. The van der Waals surface area contributed by atoms with Crippen molar-refractivity contribution in [1.29, 1.82) is 0 Å². The summed E-state index contributed by atoms with van der Waals surface area (Å²) in [7, 11) is 3.70. The van der Waals surface area contributed by atoms with Crippen LogP contribution in [-0.4, -0.2) is 33.3 Å². The summed E-state index contributed by atoms with van der Waals surface area (Å²) in [6.07, 6.45) is 8.43. The molecule has 3 heterocycles. The Hall–Kier alpha value is -1.88. The Morgan fingerprint density at radius 2 is 2.14 bits per heavy atom. The molecular weight excluding hydrogens is 276 g/mol. The molecule has 2 aromatic heterocycles. The fourth-order valence-electron chi connectivity index (χ4n) is 3.43. The number of likely N-dealkylation sites (tertiary alicyclic amines) is 1. The molecule has 5 nitrogen and oxygen atoms in total. The van der Waals surface area contributed by atoms with Crippen molar-refractivity contribution in [3.8, 4) is 5.75 Å². The van der Waals surface area contributed by atoms with Crippen LogP contribution in [0.15, 0.2) is 18.6 Å². The third-order valence-electron chi connectivity index (χ3n) is 4.58. The lowest BCUT2D eigenvalue weighted by Gasteiger charge is -2.24. The summed E-state index contributed by atoms with van der Waals surface area (Å²) < 4.78 is 7.40. The first-order valence-electron chi connectivity index (χ1n) is 7.81. The number of methoxy groups -OCH3 is 1. The van der Waals surface area contributed by atoms with Crippen LogP contribution >= 0.6 is 0 Å². The number of hydrogen-bond acceptors (Lipinski definition) is 4. The number of hydrogen-bond donors (Lipinski definition) is 0. The van der Waals surface area contributed by atoms with E-state index in [2.05, 4.69) is 28.1 Å². The molecule has 0 aromatic carbocycles. The summed E-state index contributed by atoms with van der Waals surface area (Å²) in [6, 6.07) is 0.446. The zero-order valence-corrected chi connectivity index (χ0v) is 13.8. The van der Waals surface area contributed by atoms with Gasteiger partial charge in [-0.15, -0.1) is 0 Å². The molecule has 3 rings (SSSR count). The van der Waals surface area contributed by atoms with E-state index >= 15 is 0 Å². The molecule has 118 valence electrons. The number of ether oxygens (including phenoxy) is 1. The predicted molar refractivity (Wildman–Crippen MR) is 85.9 cm³/mol. The van der Waals surface area contributed by atoms with E-state index in [1.165, 1.54) is 18.4 Å². The van der Waals surface area contributed by atoms with E-state index in [0.717, 1.165) is 35.7 Å². The second-order valence-corrected chi connectivity index (χ2v) is 6.12. The molecule has 0 amide bonds. The van der Waals surface area contributed by atoms with E-state index in [-0.39, 0.29) is 0 Å². The highest BCUT2D eigenvalue weighted by Gasteiger charge is 2.28. The van der Waals surface area contributed by atoms with Crippen LogP contribution in [0, 0.1) is 13.8 Å². The van der Waals surface area contributed by atoms with Crippen LogP contribution in [0.25, 0.3) is 0 Å². The Kier molecular flexibility index (Phi) is 4.16. The molecule has 1 aliphatic heterocycles. The van der Waals surface area contributed by atoms with Crippen molar-refractivity contribution in [2.24, 2.45) is 7.05 Å². The van der Waals surface area contributed by atoms with Crippen LogP contribution in [0.4, 0.5) is 0 Å². The molecule has 0 radical (unpaired) electrons. The normalized spacial score (nSPS) is 18.8. The summed E-state index contributed by atoms with van der Waals surface area (Å²) in [6.45, 7) is 6.11. The van der Waals surface area contributed by atoms with Crippen LogP contribution in [0.1, 0.15) is 41.3 Å². The Labute approximate surface area is 131 Å². The lowest BCUT2D eigenvalue weighted by Crippen LogP contribution is -2.23. The Morgan fingerprint density at radius 1 is 1.32 bits per heavy atom. The van der Waals surface area contributed by atoms with Gasteiger partial charge in [-0.2, -0.15) is 5.10 Å². The summed E-state index contributed by atoms with van der Waals surface area (Å²) >= 11 is 0. The summed E-state index contributed by atoms with van der Waals surface area (Å²) in [5, 5.41) is 4.31. The maximum atomic E-state index is 5.52. The lowest BCUT2D eigenvalue weighted by atomic mass is 10.1. The predicted octanol–water partition coefficient (Wildman–Crippen LogP) is 2.78. The largest absolute Gasteiger partial charge is 0.496 e. The van der Waals surface area contributed by atoms with Gasteiger partial charge >= 0.3 is 0 Å². The first kappa shape index (κ1) is 15.0. The first-order chi connectivity index (χ1) is 10.6. The monoisotopic (exact) mass is 300 g/mol. The van der Waals surface area contributed by atoms with Crippen LogP contribution < -0.4 is 4.74 Å². The zero-order chi connectivity index (χ0) is 15.7. The summed E-state index contributed by atoms with van der Waals surface area (Å²) in [5.41, 5.74) is 4.66. The molecule has 1 fully saturated rings. The van der Waals surface area contributed by atoms with Gasteiger partial charge in [0.2, 0.25) is 0 Å². The van der Waals surface area contributed by atoms with E-state index < -0.39 is 0 Å². The minimum Gasteiger partial charge on any atom is -0.496 e. The highest BCUT2D eigenvalue weighted by atomic mass is 16.5. The SMILES string of the molecule is COc1c(C)cnc(CN2CCC[C@@H]2c2cnn(C)c2)c1C. The molecule has 1 saturated heterocycles. The standard InChI is InChI=1S/C17H24N4O/c1-12-8-18-15(13(2)17(12)22-4)11-21-7-5-6-16(21)14-9-19-20(3)10-14/h8-10,16H,5-7,11H2,1-4H3/t16-/m1/s1. The van der Waals surface area contributed by atoms with Crippen molar-refractivity contribution in [2.45, 2.75) is 39.3 Å². The highest BCUT2D eigenvalue weighted by molar-refractivity contribution is 5.41. The quantitative estimate of drug-likeness (QED) is 0.871. The molecule has 0 saturated carbocycles. The second-order valence-electron chi connectivity index (χ2n) is 6.12. The van der Waals surface area contributed by atoms with Crippen molar-refractivity contribution < 1.29 is 4.74 Å². The van der Waals surface area contributed by atoms with Gasteiger partial charge in [0.1, 0.15) is 5.75 Å². The number of nitrogens with zero attached hydrogens (tertiary/aromatic N) is 4. The van der Waals surface area contributed by atoms with Gasteiger partial charge in [-0.3, -0.25) is 14.6 Å². The van der Waals surface area contributed by atoms with Crippen molar-refractivity contribution >= 4 is 0 Å². The van der Waals surface area contributed by atoms with Crippen LogP contribution in [0.5, 0.6) is 5.75 Å². The Morgan fingerprint density at radius 3 is 2.82 bits per heavy atom. The van der Waals surface area contributed by atoms with Crippen molar-refractivity contribution in [3.63, 3.8) is 0 Å². The first-order valence-corrected chi connectivity index (χ1v) is 7.81. The van der Waals surface area contributed by atoms with Crippen molar-refractivity contribution in [1.82, 2.24) is 19.7 Å². The minimum atomic E-state index is 0.446. The number of aromatic nitrogens is 3. The molecule has 5 heteroatoms. The smallest absolute Gasteiger partial charge is 0.128 e. The summed E-state index contributed by atoms with van der Waals surface area (Å²) in [4.78, 5) is 7.14. The molecule has 0 spiro atoms. The van der Waals surface area contributed by atoms with Gasteiger partial charge in [0.15, 0.2) is 0 Å². The van der Waals surface area contributed by atoms with Gasteiger partial charge in [0.25, 0.3) is 0 Å². The average Bonchev–Trinajstić information content (AvgIpc) is 3.11. The molecule has 0 N–H and O–H groups in total. The second kappa shape index (κ2) is 6.08.